The molecule has 0 aliphatic carbocycles. The van der Waals surface area contributed by atoms with Crippen molar-refractivity contribution >= 4 is 27.3 Å². The van der Waals surface area contributed by atoms with E-state index in [1.54, 1.807) is 12.1 Å². The number of anilines is 2. The van der Waals surface area contributed by atoms with E-state index in [1.807, 2.05) is 24.3 Å². The van der Waals surface area contributed by atoms with Gasteiger partial charge in [-0.15, -0.1) is 0 Å². The van der Waals surface area contributed by atoms with E-state index in [2.05, 4.69) is 14.9 Å². The maximum atomic E-state index is 13.4. The fourth-order valence-electron chi connectivity index (χ4n) is 3.94. The van der Waals surface area contributed by atoms with Gasteiger partial charge in [-0.3, -0.25) is 9.52 Å². The second-order valence-corrected chi connectivity index (χ2v) is 10.2. The largest absolute Gasteiger partial charge is 0.322 e. The highest BCUT2D eigenvalue weighted by molar-refractivity contribution is 7.92. The fourth-order valence-corrected chi connectivity index (χ4v) is 5.08. The fraction of sp³-hybridized carbons (Fsp3) is 0.269. The summed E-state index contributed by atoms with van der Waals surface area (Å²) in [5.41, 5.74) is 2.89. The second kappa shape index (κ2) is 10.4. The van der Waals surface area contributed by atoms with Crippen molar-refractivity contribution in [2.45, 2.75) is 31.1 Å². The second-order valence-electron chi connectivity index (χ2n) is 8.54. The van der Waals surface area contributed by atoms with Gasteiger partial charge in [-0.1, -0.05) is 12.1 Å². The van der Waals surface area contributed by atoms with Crippen LogP contribution in [0.15, 0.2) is 71.6 Å². The molecule has 0 unspecified atom stereocenters. The minimum Gasteiger partial charge on any atom is -0.322 e. The van der Waals surface area contributed by atoms with E-state index in [4.69, 9.17) is 0 Å². The summed E-state index contributed by atoms with van der Waals surface area (Å²) in [4.78, 5) is 15.0. The molecule has 0 atom stereocenters. The molecule has 3 aromatic carbocycles. The van der Waals surface area contributed by atoms with E-state index >= 15 is 0 Å². The third-order valence-corrected chi connectivity index (χ3v) is 7.35. The number of aryl methyl sites for hydroxylation is 1. The maximum absolute atomic E-state index is 13.4. The predicted octanol–water partition coefficient (Wildman–Crippen LogP) is 4.83. The third kappa shape index (κ3) is 6.01. The molecule has 178 valence electrons. The lowest BCUT2D eigenvalue weighted by Crippen LogP contribution is -2.21. The summed E-state index contributed by atoms with van der Waals surface area (Å²) < 4.78 is 41.0. The van der Waals surface area contributed by atoms with E-state index in [1.165, 1.54) is 62.7 Å². The van der Waals surface area contributed by atoms with Crippen molar-refractivity contribution in [1.29, 1.82) is 0 Å². The summed E-state index contributed by atoms with van der Waals surface area (Å²) in [5.74, 6) is -0.751. The van der Waals surface area contributed by atoms with Gasteiger partial charge in [0.05, 0.1) is 4.90 Å². The Balaban J connectivity index is 1.34. The third-order valence-electron chi connectivity index (χ3n) is 5.97. The molecule has 2 N–H and O–H groups in total. The molecule has 1 saturated heterocycles. The molecule has 4 rings (SSSR count). The molecule has 3 aromatic rings. The van der Waals surface area contributed by atoms with Gasteiger partial charge in [-0.25, -0.2) is 12.8 Å². The first-order valence-corrected chi connectivity index (χ1v) is 12.8. The highest BCUT2D eigenvalue weighted by Gasteiger charge is 2.16. The highest BCUT2D eigenvalue weighted by atomic mass is 32.2. The van der Waals surface area contributed by atoms with Crippen LogP contribution >= 0.6 is 0 Å². The first-order valence-electron chi connectivity index (χ1n) is 11.3. The average Bonchev–Trinajstić information content (AvgIpc) is 3.34. The van der Waals surface area contributed by atoms with Gasteiger partial charge in [0.15, 0.2) is 0 Å². The number of hydrogen-bond donors (Lipinski definition) is 2. The number of nitrogens with one attached hydrogen (secondary N) is 2. The topological polar surface area (TPSA) is 78.5 Å². The van der Waals surface area contributed by atoms with Crippen LogP contribution in [0.5, 0.6) is 0 Å². The number of benzene rings is 3. The summed E-state index contributed by atoms with van der Waals surface area (Å²) in [6, 6.07) is 17.6. The van der Waals surface area contributed by atoms with Crippen molar-refractivity contribution in [1.82, 2.24) is 4.90 Å². The van der Waals surface area contributed by atoms with Crippen molar-refractivity contribution in [2.24, 2.45) is 0 Å². The Kier molecular flexibility index (Phi) is 7.29. The molecule has 1 heterocycles. The van der Waals surface area contributed by atoms with Gasteiger partial charge >= 0.3 is 0 Å². The van der Waals surface area contributed by atoms with Crippen LogP contribution in [0.25, 0.3) is 0 Å². The zero-order valence-corrected chi connectivity index (χ0v) is 19.9. The number of sulfonamides is 1. The molecule has 8 heteroatoms. The lowest BCUT2D eigenvalue weighted by molar-refractivity contribution is 0.102. The lowest BCUT2D eigenvalue weighted by atomic mass is 10.1. The zero-order chi connectivity index (χ0) is 24.1. The first kappa shape index (κ1) is 23.9. The highest BCUT2D eigenvalue weighted by Crippen LogP contribution is 2.20. The van der Waals surface area contributed by atoms with Crippen LogP contribution in [0, 0.1) is 12.7 Å². The number of carbonyl (C=O) groups is 1. The minimum atomic E-state index is -3.87. The number of amides is 1. The summed E-state index contributed by atoms with van der Waals surface area (Å²) in [7, 11) is -3.87. The average molecular weight is 482 g/mol. The van der Waals surface area contributed by atoms with Crippen molar-refractivity contribution in [3.8, 4) is 0 Å². The number of halogens is 1. The summed E-state index contributed by atoms with van der Waals surface area (Å²) in [5, 5.41) is 2.86. The van der Waals surface area contributed by atoms with Gasteiger partial charge in [0.1, 0.15) is 5.82 Å². The van der Waals surface area contributed by atoms with Crippen molar-refractivity contribution in [3.63, 3.8) is 0 Å². The molecule has 1 aliphatic rings. The molecule has 0 bridgehead atoms. The normalized spacial score (nSPS) is 14.2. The van der Waals surface area contributed by atoms with Crippen molar-refractivity contribution < 1.29 is 17.6 Å². The predicted molar refractivity (Wildman–Crippen MR) is 132 cm³/mol. The molecule has 1 fully saturated rings. The molecule has 0 aromatic heterocycles. The van der Waals surface area contributed by atoms with E-state index in [9.17, 15) is 17.6 Å². The maximum Gasteiger partial charge on any atom is 0.261 e. The zero-order valence-electron chi connectivity index (χ0n) is 19.1. The Morgan fingerprint density at radius 2 is 1.59 bits per heavy atom. The summed E-state index contributed by atoms with van der Waals surface area (Å²) >= 11 is 0. The number of rotatable bonds is 8. The summed E-state index contributed by atoms with van der Waals surface area (Å²) in [6.07, 6.45) is 3.56. The SMILES string of the molecule is Cc1cc(S(=O)(=O)Nc2ccc(C(=O)Nc3ccc(CCN4CCCC4)cc3)cc2)ccc1F. The van der Waals surface area contributed by atoms with Crippen LogP contribution in [0.1, 0.15) is 34.3 Å². The molecule has 6 nitrogen and oxygen atoms in total. The molecular formula is C26H28FN3O3S. The number of hydrogen-bond acceptors (Lipinski definition) is 4. The molecular weight excluding hydrogens is 453 g/mol. The van der Waals surface area contributed by atoms with Crippen LogP contribution in [0.4, 0.5) is 15.8 Å². The Hall–Kier alpha value is -3.23. The monoisotopic (exact) mass is 481 g/mol. The molecule has 0 spiro atoms. The van der Waals surface area contributed by atoms with Crippen LogP contribution in [-0.4, -0.2) is 38.9 Å². The Labute approximate surface area is 199 Å². The molecule has 0 saturated carbocycles. The van der Waals surface area contributed by atoms with E-state index in [0.29, 0.717) is 16.9 Å². The quantitative estimate of drug-likeness (QED) is 0.483. The molecule has 1 amide bonds. The lowest BCUT2D eigenvalue weighted by Gasteiger charge is -2.14. The van der Waals surface area contributed by atoms with Gasteiger partial charge in [0, 0.05) is 23.5 Å². The standard InChI is InChI=1S/C26H28FN3O3S/c1-19-18-24(12-13-25(19)27)34(32,33)29-23-10-6-21(7-11-23)26(31)28-22-8-4-20(5-9-22)14-17-30-15-2-3-16-30/h4-13,18,29H,2-3,14-17H2,1H3,(H,28,31). The van der Waals surface area contributed by atoms with E-state index in [-0.39, 0.29) is 16.4 Å². The van der Waals surface area contributed by atoms with E-state index < -0.39 is 15.8 Å². The Bertz CT molecular complexity index is 1250. The molecule has 0 radical (unpaired) electrons. The number of likely N-dealkylation sites (tertiary alicyclic amines) is 1. The number of carbonyl (C=O) groups excluding carboxylic acids is 1. The van der Waals surface area contributed by atoms with Crippen LogP contribution < -0.4 is 10.0 Å². The smallest absolute Gasteiger partial charge is 0.261 e. The van der Waals surface area contributed by atoms with Crippen LogP contribution in [0.3, 0.4) is 0 Å². The van der Waals surface area contributed by atoms with Gasteiger partial charge in [0.2, 0.25) is 0 Å². The van der Waals surface area contributed by atoms with E-state index in [0.717, 1.165) is 19.0 Å². The Morgan fingerprint density at radius 1 is 0.941 bits per heavy atom. The van der Waals surface area contributed by atoms with Gasteiger partial charge in [-0.2, -0.15) is 0 Å². The molecule has 1 aliphatic heterocycles. The number of nitrogens with zero attached hydrogens (tertiary/aromatic N) is 1. The first-order chi connectivity index (χ1) is 16.3. The Morgan fingerprint density at radius 3 is 2.24 bits per heavy atom. The van der Waals surface area contributed by atoms with Gasteiger partial charge in [0.25, 0.3) is 15.9 Å². The van der Waals surface area contributed by atoms with Crippen molar-refractivity contribution in [3.05, 3.63) is 89.2 Å². The van der Waals surface area contributed by atoms with Gasteiger partial charge in [-0.05, 0) is 105 Å². The van der Waals surface area contributed by atoms with Crippen molar-refractivity contribution in [2.75, 3.05) is 29.7 Å². The van der Waals surface area contributed by atoms with Gasteiger partial charge < -0.3 is 10.2 Å². The minimum absolute atomic E-state index is 0.0305. The summed E-state index contributed by atoms with van der Waals surface area (Å²) in [6.45, 7) is 4.92. The molecule has 34 heavy (non-hydrogen) atoms. The van der Waals surface area contributed by atoms with Crippen LogP contribution in [0.2, 0.25) is 0 Å². The van der Waals surface area contributed by atoms with Crippen LogP contribution in [-0.2, 0) is 16.4 Å².